The molecular weight excluding hydrogens is 371 g/mol. The Kier molecular flexibility index (Phi) is 9.42. The first-order valence-electron chi connectivity index (χ1n) is 9.30. The number of β-amino-alcohol motifs (C(OH)–C–C–N with tert-alkyl or cyclic N) is 1. The van der Waals surface area contributed by atoms with Gasteiger partial charge in [0.25, 0.3) is 6.47 Å². The van der Waals surface area contributed by atoms with Crippen LogP contribution in [0.2, 0.25) is 0 Å². The first-order chi connectivity index (χ1) is 13.6. The summed E-state index contributed by atoms with van der Waals surface area (Å²) in [6.07, 6.45) is -2.09. The van der Waals surface area contributed by atoms with Crippen molar-refractivity contribution < 1.29 is 33.6 Å². The van der Waals surface area contributed by atoms with Crippen LogP contribution < -0.4 is 9.47 Å². The highest BCUT2D eigenvalue weighted by molar-refractivity contribution is 5.46. The van der Waals surface area contributed by atoms with E-state index < -0.39 is 12.3 Å². The fraction of sp³-hybridized carbons (Fsp3) is 0.632. The summed E-state index contributed by atoms with van der Waals surface area (Å²) >= 11 is 0. The number of hydrogen-bond donors (Lipinski definition) is 2. The lowest BCUT2D eigenvalue weighted by Gasteiger charge is -2.27. The lowest BCUT2D eigenvalue weighted by molar-refractivity contribution is -0.122. The number of likely N-dealkylation sites (tertiary alicyclic amines) is 1. The Hall–Kier alpha value is -1.94. The van der Waals surface area contributed by atoms with Gasteiger partial charge >= 0.3 is 0 Å². The number of alkyl halides is 1. The molecular formula is C19H29FN2O6. The van der Waals surface area contributed by atoms with Gasteiger partial charge in [-0.15, -0.1) is 0 Å². The second kappa shape index (κ2) is 11.8. The third kappa shape index (κ3) is 6.59. The number of rotatable bonds is 7. The number of methoxy groups -OCH3 is 1. The minimum Gasteiger partial charge on any atom is -0.493 e. The third-order valence-electron chi connectivity index (χ3n) is 4.73. The van der Waals surface area contributed by atoms with Crippen LogP contribution in [0.15, 0.2) is 18.2 Å². The second-order valence-electron chi connectivity index (χ2n) is 6.63. The van der Waals surface area contributed by atoms with E-state index in [1.54, 1.807) is 7.11 Å². The number of ether oxygens (including phenoxy) is 3. The molecule has 2 aliphatic rings. The van der Waals surface area contributed by atoms with Gasteiger partial charge in [-0.1, -0.05) is 12.1 Å². The van der Waals surface area contributed by atoms with Gasteiger partial charge in [0.1, 0.15) is 12.8 Å². The number of hydrogen-bond acceptors (Lipinski definition) is 7. The number of carboxylic acid groups (broad SMARTS) is 1. The van der Waals surface area contributed by atoms with Crippen LogP contribution in [0, 0.1) is 0 Å². The number of carbonyl (C=O) groups is 1. The van der Waals surface area contributed by atoms with E-state index in [0.29, 0.717) is 31.2 Å². The molecule has 1 aromatic rings. The van der Waals surface area contributed by atoms with Crippen molar-refractivity contribution in [1.29, 1.82) is 0 Å². The molecule has 0 unspecified atom stereocenters. The molecule has 2 aliphatic heterocycles. The standard InChI is InChI=1S/C18H27FN2O4.CH2O2/c1-23-17-4-2-3-14(11-21-12-15(19)16(22)13-21)18(17)25-10-7-20-5-8-24-9-6-20;2-1-3/h2-4,15-16,22H,5-13H2,1H3;1H,(H,2,3)/t15-,16-;/m1./s1. The van der Waals surface area contributed by atoms with Crippen LogP contribution in [-0.4, -0.2) is 98.4 Å². The summed E-state index contributed by atoms with van der Waals surface area (Å²) in [5.74, 6) is 1.38. The van der Waals surface area contributed by atoms with E-state index >= 15 is 0 Å². The van der Waals surface area contributed by atoms with Crippen LogP contribution in [-0.2, 0) is 16.1 Å². The Labute approximate surface area is 164 Å². The molecule has 0 radical (unpaired) electrons. The highest BCUT2D eigenvalue weighted by Gasteiger charge is 2.31. The largest absolute Gasteiger partial charge is 0.493 e. The van der Waals surface area contributed by atoms with Crippen molar-refractivity contribution in [2.45, 2.75) is 18.8 Å². The molecule has 0 saturated carbocycles. The van der Waals surface area contributed by atoms with Crippen LogP contribution in [0.1, 0.15) is 5.56 Å². The summed E-state index contributed by atoms with van der Waals surface area (Å²) < 4.78 is 30.4. The Morgan fingerprint density at radius 3 is 2.61 bits per heavy atom. The maximum atomic E-state index is 13.6. The number of nitrogens with zero attached hydrogens (tertiary/aromatic N) is 2. The van der Waals surface area contributed by atoms with Crippen LogP contribution >= 0.6 is 0 Å². The predicted molar refractivity (Wildman–Crippen MR) is 101 cm³/mol. The van der Waals surface area contributed by atoms with Crippen molar-refractivity contribution in [2.24, 2.45) is 0 Å². The topological polar surface area (TPSA) is 91.7 Å². The summed E-state index contributed by atoms with van der Waals surface area (Å²) in [7, 11) is 1.62. The molecule has 0 bridgehead atoms. The lowest BCUT2D eigenvalue weighted by Crippen LogP contribution is -2.38. The molecule has 8 nitrogen and oxygen atoms in total. The van der Waals surface area contributed by atoms with Crippen molar-refractivity contribution in [3.05, 3.63) is 23.8 Å². The van der Waals surface area contributed by atoms with Gasteiger partial charge in [0.05, 0.1) is 26.4 Å². The molecule has 158 valence electrons. The maximum Gasteiger partial charge on any atom is 0.290 e. The maximum absolute atomic E-state index is 13.6. The monoisotopic (exact) mass is 400 g/mol. The number of aliphatic hydroxyl groups is 1. The second-order valence-corrected chi connectivity index (χ2v) is 6.63. The molecule has 2 atom stereocenters. The van der Waals surface area contributed by atoms with Gasteiger partial charge in [-0.3, -0.25) is 14.6 Å². The Balaban J connectivity index is 0.000000878. The molecule has 0 amide bonds. The first kappa shape index (κ1) is 22.4. The first-order valence-corrected chi connectivity index (χ1v) is 9.30. The van der Waals surface area contributed by atoms with E-state index in [-0.39, 0.29) is 13.0 Å². The van der Waals surface area contributed by atoms with Gasteiger partial charge in [-0.05, 0) is 6.07 Å². The molecule has 9 heteroatoms. The van der Waals surface area contributed by atoms with E-state index in [9.17, 15) is 9.50 Å². The van der Waals surface area contributed by atoms with Gasteiger partial charge in [-0.2, -0.15) is 0 Å². The minimum atomic E-state index is -1.18. The Morgan fingerprint density at radius 1 is 1.29 bits per heavy atom. The fourth-order valence-corrected chi connectivity index (χ4v) is 3.30. The van der Waals surface area contributed by atoms with Crippen molar-refractivity contribution in [3.63, 3.8) is 0 Å². The van der Waals surface area contributed by atoms with Gasteiger partial charge < -0.3 is 24.4 Å². The molecule has 0 spiro atoms. The van der Waals surface area contributed by atoms with Crippen molar-refractivity contribution in [2.75, 3.05) is 59.7 Å². The van der Waals surface area contributed by atoms with Crippen LogP contribution in [0.3, 0.4) is 0 Å². The summed E-state index contributed by atoms with van der Waals surface area (Å²) in [4.78, 5) is 12.6. The van der Waals surface area contributed by atoms with Gasteiger partial charge in [-0.25, -0.2) is 4.39 Å². The van der Waals surface area contributed by atoms with E-state index in [1.807, 2.05) is 23.1 Å². The molecule has 2 N–H and O–H groups in total. The highest BCUT2D eigenvalue weighted by Crippen LogP contribution is 2.32. The van der Waals surface area contributed by atoms with E-state index in [0.717, 1.165) is 38.4 Å². The van der Waals surface area contributed by atoms with E-state index in [2.05, 4.69) is 4.90 Å². The molecule has 0 aliphatic carbocycles. The lowest BCUT2D eigenvalue weighted by atomic mass is 10.1. The highest BCUT2D eigenvalue weighted by atomic mass is 19.1. The zero-order valence-corrected chi connectivity index (χ0v) is 16.1. The van der Waals surface area contributed by atoms with Crippen LogP contribution in [0.4, 0.5) is 4.39 Å². The Bertz CT molecular complexity index is 590. The number of halogens is 1. The van der Waals surface area contributed by atoms with E-state index in [1.165, 1.54) is 0 Å². The predicted octanol–water partition coefficient (Wildman–Crippen LogP) is 0.622. The number of aliphatic hydroxyl groups excluding tert-OH is 1. The minimum absolute atomic E-state index is 0.242. The van der Waals surface area contributed by atoms with Gasteiger partial charge in [0, 0.05) is 44.8 Å². The molecule has 2 saturated heterocycles. The number of morpholine rings is 1. The van der Waals surface area contributed by atoms with Gasteiger partial charge in [0.15, 0.2) is 11.5 Å². The molecule has 2 fully saturated rings. The quantitative estimate of drug-likeness (QED) is 0.644. The third-order valence-corrected chi connectivity index (χ3v) is 4.73. The number of benzene rings is 1. The van der Waals surface area contributed by atoms with Crippen LogP contribution in [0.5, 0.6) is 11.5 Å². The molecule has 1 aromatic carbocycles. The van der Waals surface area contributed by atoms with Gasteiger partial charge in [0.2, 0.25) is 0 Å². The van der Waals surface area contributed by atoms with Crippen molar-refractivity contribution in [1.82, 2.24) is 9.80 Å². The summed E-state index contributed by atoms with van der Waals surface area (Å²) in [5.41, 5.74) is 0.947. The smallest absolute Gasteiger partial charge is 0.290 e. The summed E-state index contributed by atoms with van der Waals surface area (Å²) in [5, 5.41) is 16.5. The summed E-state index contributed by atoms with van der Waals surface area (Å²) in [6.45, 7) is 5.62. The fourth-order valence-electron chi connectivity index (χ4n) is 3.30. The normalized spacial score (nSPS) is 23.0. The zero-order valence-electron chi connectivity index (χ0n) is 16.1. The summed E-state index contributed by atoms with van der Waals surface area (Å²) in [6, 6.07) is 5.73. The van der Waals surface area contributed by atoms with Crippen LogP contribution in [0.25, 0.3) is 0 Å². The number of para-hydroxylation sites is 1. The Morgan fingerprint density at radius 2 is 2.00 bits per heavy atom. The van der Waals surface area contributed by atoms with Crippen molar-refractivity contribution >= 4 is 6.47 Å². The van der Waals surface area contributed by atoms with Crippen molar-refractivity contribution in [3.8, 4) is 11.5 Å². The molecule has 2 heterocycles. The molecule has 3 rings (SSSR count). The van der Waals surface area contributed by atoms with E-state index in [4.69, 9.17) is 24.1 Å². The average molecular weight is 400 g/mol. The molecule has 28 heavy (non-hydrogen) atoms. The molecule has 0 aromatic heterocycles. The SMILES string of the molecule is COc1cccc(CN2C[C@@H](O)[C@H](F)C2)c1OCCN1CCOCC1.O=CO. The zero-order chi connectivity index (χ0) is 20.4. The average Bonchev–Trinajstić information content (AvgIpc) is 3.01.